The summed E-state index contributed by atoms with van der Waals surface area (Å²) in [6.45, 7) is 0.631. The van der Waals surface area contributed by atoms with Gasteiger partial charge < -0.3 is 10.1 Å². The van der Waals surface area contributed by atoms with E-state index < -0.39 is 0 Å². The van der Waals surface area contributed by atoms with Crippen LogP contribution in [-0.2, 0) is 6.42 Å². The van der Waals surface area contributed by atoms with Crippen molar-refractivity contribution in [1.29, 1.82) is 0 Å². The first-order chi connectivity index (χ1) is 8.69. The molecular weight excluding hydrogens is 294 g/mol. The van der Waals surface area contributed by atoms with Gasteiger partial charge in [-0.1, -0.05) is 24.3 Å². The SMILES string of the molecule is COc1ccc2cc(CCNC(=O)Br)ccc2c1. The van der Waals surface area contributed by atoms with E-state index in [4.69, 9.17) is 4.74 Å². The Morgan fingerprint density at radius 3 is 2.67 bits per heavy atom. The van der Waals surface area contributed by atoms with Crippen molar-refractivity contribution >= 4 is 31.5 Å². The molecule has 2 rings (SSSR count). The first-order valence-electron chi connectivity index (χ1n) is 5.69. The molecule has 0 aliphatic carbocycles. The Kier molecular flexibility index (Phi) is 4.20. The molecule has 2 aromatic carbocycles. The number of fused-ring (bicyclic) bond motifs is 1. The van der Waals surface area contributed by atoms with Crippen LogP contribution in [0.15, 0.2) is 36.4 Å². The van der Waals surface area contributed by atoms with E-state index in [0.29, 0.717) is 6.54 Å². The lowest BCUT2D eigenvalue weighted by Crippen LogP contribution is -2.18. The normalized spacial score (nSPS) is 10.3. The van der Waals surface area contributed by atoms with E-state index in [1.165, 1.54) is 10.9 Å². The molecule has 0 saturated heterocycles. The summed E-state index contributed by atoms with van der Waals surface area (Å²) in [6, 6.07) is 12.3. The highest BCUT2D eigenvalue weighted by molar-refractivity contribution is 9.18. The molecule has 1 amide bonds. The van der Waals surface area contributed by atoms with E-state index >= 15 is 0 Å². The molecule has 1 N–H and O–H groups in total. The van der Waals surface area contributed by atoms with Crippen LogP contribution in [0.2, 0.25) is 0 Å². The Labute approximate surface area is 114 Å². The number of rotatable bonds is 4. The highest BCUT2D eigenvalue weighted by Crippen LogP contribution is 2.21. The van der Waals surface area contributed by atoms with Crippen molar-refractivity contribution in [2.45, 2.75) is 6.42 Å². The summed E-state index contributed by atoms with van der Waals surface area (Å²) < 4.78 is 5.19. The largest absolute Gasteiger partial charge is 0.497 e. The second-order valence-corrected chi connectivity index (χ2v) is 4.72. The number of carbonyl (C=O) groups is 1. The van der Waals surface area contributed by atoms with Crippen molar-refractivity contribution in [3.05, 3.63) is 42.0 Å². The second kappa shape index (κ2) is 5.87. The smallest absolute Gasteiger partial charge is 0.287 e. The minimum absolute atomic E-state index is 0.173. The molecule has 3 nitrogen and oxygen atoms in total. The molecule has 18 heavy (non-hydrogen) atoms. The van der Waals surface area contributed by atoms with Gasteiger partial charge in [0.2, 0.25) is 0 Å². The lowest BCUT2D eigenvalue weighted by Gasteiger charge is -2.06. The molecule has 0 fully saturated rings. The fourth-order valence-electron chi connectivity index (χ4n) is 1.86. The monoisotopic (exact) mass is 307 g/mol. The van der Waals surface area contributed by atoms with E-state index in [9.17, 15) is 4.79 Å². The van der Waals surface area contributed by atoms with Gasteiger partial charge in [0.25, 0.3) is 4.82 Å². The van der Waals surface area contributed by atoms with Gasteiger partial charge in [-0.3, -0.25) is 4.79 Å². The molecule has 0 spiro atoms. The predicted octanol–water partition coefficient (Wildman–Crippen LogP) is 3.50. The van der Waals surface area contributed by atoms with E-state index in [-0.39, 0.29) is 4.82 Å². The highest BCUT2D eigenvalue weighted by atomic mass is 79.9. The van der Waals surface area contributed by atoms with Crippen molar-refractivity contribution in [1.82, 2.24) is 5.32 Å². The number of benzene rings is 2. The summed E-state index contributed by atoms with van der Waals surface area (Å²) in [5, 5.41) is 5.05. The van der Waals surface area contributed by atoms with Crippen LogP contribution >= 0.6 is 15.9 Å². The fourth-order valence-corrected chi connectivity index (χ4v) is 2.06. The van der Waals surface area contributed by atoms with Gasteiger partial charge in [0.05, 0.1) is 7.11 Å². The summed E-state index contributed by atoms with van der Waals surface area (Å²) >= 11 is 2.84. The van der Waals surface area contributed by atoms with Crippen molar-refractivity contribution in [3.8, 4) is 5.75 Å². The molecule has 2 aromatic rings. The Hall–Kier alpha value is -1.55. The topological polar surface area (TPSA) is 38.3 Å². The zero-order valence-electron chi connectivity index (χ0n) is 10.1. The maximum absolute atomic E-state index is 10.7. The first kappa shape index (κ1) is 12.9. The van der Waals surface area contributed by atoms with E-state index in [2.05, 4.69) is 39.4 Å². The van der Waals surface area contributed by atoms with Gasteiger partial charge in [-0.15, -0.1) is 0 Å². The maximum atomic E-state index is 10.7. The summed E-state index contributed by atoms with van der Waals surface area (Å²) in [6.07, 6.45) is 0.819. The molecule has 0 heterocycles. The lowest BCUT2D eigenvalue weighted by molar-refractivity contribution is 0.262. The quantitative estimate of drug-likeness (QED) is 0.693. The number of ether oxygens (including phenoxy) is 1. The van der Waals surface area contributed by atoms with Crippen LogP contribution in [-0.4, -0.2) is 18.5 Å². The van der Waals surface area contributed by atoms with E-state index in [1.807, 2.05) is 18.2 Å². The fraction of sp³-hybridized carbons (Fsp3) is 0.214. The zero-order chi connectivity index (χ0) is 13.0. The van der Waals surface area contributed by atoms with Gasteiger partial charge in [0.15, 0.2) is 0 Å². The number of hydrogen-bond acceptors (Lipinski definition) is 2. The van der Waals surface area contributed by atoms with Crippen molar-refractivity contribution in [2.24, 2.45) is 0 Å². The third kappa shape index (κ3) is 3.23. The number of amides is 1. The number of carbonyl (C=O) groups excluding carboxylic acids is 1. The van der Waals surface area contributed by atoms with Crippen LogP contribution in [0.1, 0.15) is 5.56 Å². The summed E-state index contributed by atoms with van der Waals surface area (Å²) in [4.78, 5) is 10.5. The second-order valence-electron chi connectivity index (χ2n) is 4.00. The lowest BCUT2D eigenvalue weighted by atomic mass is 10.0. The standard InChI is InChI=1S/C14H14BrNO2/c1-18-13-5-4-11-8-10(2-3-12(11)9-13)6-7-16-14(15)17/h2-5,8-9H,6-7H2,1H3,(H,16,17). The maximum Gasteiger partial charge on any atom is 0.287 e. The van der Waals surface area contributed by atoms with Crippen LogP contribution in [0.25, 0.3) is 10.8 Å². The molecule has 0 aromatic heterocycles. The van der Waals surface area contributed by atoms with Crippen LogP contribution < -0.4 is 10.1 Å². The molecule has 0 saturated carbocycles. The molecule has 4 heteroatoms. The van der Waals surface area contributed by atoms with Crippen LogP contribution in [0, 0.1) is 0 Å². The average Bonchev–Trinajstić information content (AvgIpc) is 2.37. The van der Waals surface area contributed by atoms with Gasteiger partial charge in [-0.05, 0) is 34.9 Å². The molecule has 0 aliphatic rings. The minimum atomic E-state index is -0.173. The molecule has 0 unspecified atom stereocenters. The van der Waals surface area contributed by atoms with Crippen molar-refractivity contribution < 1.29 is 9.53 Å². The Bertz CT molecular complexity index is 569. The molecule has 0 bridgehead atoms. The Morgan fingerprint density at radius 1 is 1.22 bits per heavy atom. The van der Waals surface area contributed by atoms with Gasteiger partial charge in [-0.25, -0.2) is 0 Å². The van der Waals surface area contributed by atoms with Gasteiger partial charge >= 0.3 is 0 Å². The summed E-state index contributed by atoms with van der Waals surface area (Å²) in [7, 11) is 1.67. The van der Waals surface area contributed by atoms with Gasteiger partial charge in [0, 0.05) is 22.5 Å². The zero-order valence-corrected chi connectivity index (χ0v) is 11.7. The molecule has 0 atom stereocenters. The number of hydrogen-bond donors (Lipinski definition) is 1. The average molecular weight is 308 g/mol. The molecule has 0 aliphatic heterocycles. The first-order valence-corrected chi connectivity index (χ1v) is 6.48. The van der Waals surface area contributed by atoms with Crippen molar-refractivity contribution in [2.75, 3.05) is 13.7 Å². The van der Waals surface area contributed by atoms with E-state index in [1.54, 1.807) is 7.11 Å². The number of halogens is 1. The minimum Gasteiger partial charge on any atom is -0.497 e. The predicted molar refractivity (Wildman–Crippen MR) is 76.5 cm³/mol. The number of methoxy groups -OCH3 is 1. The Balaban J connectivity index is 2.15. The van der Waals surface area contributed by atoms with Gasteiger partial charge in [0.1, 0.15) is 5.75 Å². The molecular formula is C14H14BrNO2. The number of nitrogens with one attached hydrogen (secondary N) is 1. The van der Waals surface area contributed by atoms with Crippen LogP contribution in [0.4, 0.5) is 4.79 Å². The van der Waals surface area contributed by atoms with Crippen LogP contribution in [0.5, 0.6) is 5.75 Å². The van der Waals surface area contributed by atoms with E-state index in [0.717, 1.165) is 17.6 Å². The summed E-state index contributed by atoms with van der Waals surface area (Å²) in [5.41, 5.74) is 1.20. The summed E-state index contributed by atoms with van der Waals surface area (Å²) in [5.74, 6) is 0.863. The van der Waals surface area contributed by atoms with Gasteiger partial charge in [-0.2, -0.15) is 0 Å². The molecule has 0 radical (unpaired) electrons. The van der Waals surface area contributed by atoms with Crippen molar-refractivity contribution in [3.63, 3.8) is 0 Å². The highest BCUT2D eigenvalue weighted by Gasteiger charge is 2.00. The third-order valence-electron chi connectivity index (χ3n) is 2.79. The Morgan fingerprint density at radius 2 is 1.94 bits per heavy atom. The van der Waals surface area contributed by atoms with Crippen LogP contribution in [0.3, 0.4) is 0 Å². The molecule has 94 valence electrons. The third-order valence-corrected chi connectivity index (χ3v) is 3.07.